The molecule has 0 amide bonds. The molecular formula is C24H27N2O2+. The molecule has 0 spiro atoms. The highest BCUT2D eigenvalue weighted by Gasteiger charge is 2.47. The molecule has 1 aliphatic carbocycles. The van der Waals surface area contributed by atoms with Crippen LogP contribution in [0.15, 0.2) is 66.4 Å². The number of benzene rings is 2. The molecule has 0 aromatic heterocycles. The van der Waals surface area contributed by atoms with Crippen LogP contribution < -0.4 is 0 Å². The van der Waals surface area contributed by atoms with Crippen LogP contribution in [0, 0.1) is 0 Å². The molecule has 2 aliphatic heterocycles. The van der Waals surface area contributed by atoms with Gasteiger partial charge in [0.1, 0.15) is 19.1 Å². The summed E-state index contributed by atoms with van der Waals surface area (Å²) in [6.45, 7) is 7.08. The van der Waals surface area contributed by atoms with Gasteiger partial charge in [-0.05, 0) is 11.1 Å². The van der Waals surface area contributed by atoms with Crippen molar-refractivity contribution in [2.24, 2.45) is 0 Å². The first-order valence-corrected chi connectivity index (χ1v) is 10.3. The fourth-order valence-corrected chi connectivity index (χ4v) is 4.62. The quantitative estimate of drug-likeness (QED) is 0.771. The molecule has 2 saturated heterocycles. The van der Waals surface area contributed by atoms with E-state index in [9.17, 15) is 0 Å². The van der Waals surface area contributed by atoms with Crippen molar-refractivity contribution >= 4 is 11.3 Å². The fraction of sp³-hybridized carbons (Fsp3) is 0.375. The average molecular weight is 375 g/mol. The van der Waals surface area contributed by atoms with E-state index in [1.807, 2.05) is 0 Å². The van der Waals surface area contributed by atoms with Crippen molar-refractivity contribution in [3.8, 4) is 0 Å². The minimum absolute atomic E-state index is 0.326. The minimum atomic E-state index is 0.326. The molecule has 0 radical (unpaired) electrons. The first-order chi connectivity index (χ1) is 13.9. The van der Waals surface area contributed by atoms with Gasteiger partial charge in [0.15, 0.2) is 18.8 Å². The molecule has 0 saturated carbocycles. The molecular weight excluding hydrogens is 348 g/mol. The van der Waals surface area contributed by atoms with Crippen LogP contribution in [0.5, 0.6) is 0 Å². The number of nitrogens with zero attached hydrogens (tertiary/aromatic N) is 2. The summed E-state index contributed by atoms with van der Waals surface area (Å²) in [5.41, 5.74) is 7.03. The number of allylic oxidation sites excluding steroid dienone is 2. The summed E-state index contributed by atoms with van der Waals surface area (Å²) in [6.07, 6.45) is 0. The van der Waals surface area contributed by atoms with Crippen LogP contribution in [0.4, 0.5) is 0 Å². The molecule has 5 rings (SSSR count). The zero-order valence-corrected chi connectivity index (χ0v) is 16.2. The molecule has 0 bridgehead atoms. The van der Waals surface area contributed by atoms with Crippen molar-refractivity contribution in [1.29, 1.82) is 0 Å². The van der Waals surface area contributed by atoms with E-state index < -0.39 is 0 Å². The molecule has 4 nitrogen and oxygen atoms in total. The molecule has 2 heterocycles. The summed E-state index contributed by atoms with van der Waals surface area (Å²) in [6, 6.07) is 21.8. The van der Waals surface area contributed by atoms with Crippen molar-refractivity contribution in [2.75, 3.05) is 52.6 Å². The predicted octanol–water partition coefficient (Wildman–Crippen LogP) is 3.01. The summed E-state index contributed by atoms with van der Waals surface area (Å²) in [5.74, 6) is 0.326. The van der Waals surface area contributed by atoms with Gasteiger partial charge in [0.25, 0.3) is 0 Å². The summed E-state index contributed by atoms with van der Waals surface area (Å²) in [5, 5.41) is 0. The van der Waals surface area contributed by atoms with Crippen molar-refractivity contribution in [3.05, 3.63) is 77.5 Å². The topological polar surface area (TPSA) is 24.7 Å². The molecule has 2 aromatic carbocycles. The van der Waals surface area contributed by atoms with Crippen LogP contribution in [-0.2, 0) is 9.47 Å². The van der Waals surface area contributed by atoms with Gasteiger partial charge in [0.05, 0.1) is 18.8 Å². The normalized spacial score (nSPS) is 23.0. The molecule has 1 unspecified atom stereocenters. The highest BCUT2D eigenvalue weighted by atomic mass is 16.5. The van der Waals surface area contributed by atoms with Crippen LogP contribution in [0.3, 0.4) is 0 Å². The lowest BCUT2D eigenvalue weighted by Crippen LogP contribution is -2.48. The van der Waals surface area contributed by atoms with Crippen LogP contribution in [0.2, 0.25) is 0 Å². The van der Waals surface area contributed by atoms with Gasteiger partial charge in [-0.1, -0.05) is 60.7 Å². The van der Waals surface area contributed by atoms with Gasteiger partial charge in [0, 0.05) is 18.8 Å². The summed E-state index contributed by atoms with van der Waals surface area (Å²) < 4.78 is 13.8. The van der Waals surface area contributed by atoms with E-state index >= 15 is 0 Å². The van der Waals surface area contributed by atoms with E-state index in [0.717, 1.165) is 52.6 Å². The highest BCUT2D eigenvalue weighted by Crippen LogP contribution is 2.47. The summed E-state index contributed by atoms with van der Waals surface area (Å²) in [4.78, 5) is 2.55. The fourth-order valence-electron chi connectivity index (χ4n) is 4.62. The Bertz CT molecular complexity index is 875. The van der Waals surface area contributed by atoms with Crippen LogP contribution in [0.25, 0.3) is 5.57 Å². The highest BCUT2D eigenvalue weighted by molar-refractivity contribution is 6.33. The third-order valence-electron chi connectivity index (χ3n) is 5.96. The molecule has 4 heteroatoms. The Labute approximate surface area is 166 Å². The number of morpholine rings is 2. The predicted molar refractivity (Wildman–Crippen MR) is 111 cm³/mol. The lowest BCUT2D eigenvalue weighted by molar-refractivity contribution is -0.550. The second kappa shape index (κ2) is 7.90. The van der Waals surface area contributed by atoms with Gasteiger partial charge in [-0.3, -0.25) is 0 Å². The van der Waals surface area contributed by atoms with Gasteiger partial charge in [0.2, 0.25) is 0 Å². The van der Waals surface area contributed by atoms with E-state index in [-0.39, 0.29) is 0 Å². The van der Waals surface area contributed by atoms with Crippen LogP contribution in [0.1, 0.15) is 17.0 Å². The lowest BCUT2D eigenvalue weighted by atomic mass is 9.71. The zero-order valence-electron chi connectivity index (χ0n) is 16.2. The van der Waals surface area contributed by atoms with E-state index in [2.05, 4.69) is 70.1 Å². The molecule has 0 N–H and O–H groups in total. The van der Waals surface area contributed by atoms with Crippen LogP contribution in [-0.4, -0.2) is 67.8 Å². The number of hydrogen-bond donors (Lipinski definition) is 0. The Kier molecular flexibility index (Phi) is 4.98. The van der Waals surface area contributed by atoms with E-state index in [1.165, 1.54) is 28.1 Å². The molecule has 2 aromatic rings. The Morgan fingerprint density at radius 2 is 1.36 bits per heavy atom. The number of rotatable bonds is 3. The molecule has 28 heavy (non-hydrogen) atoms. The van der Waals surface area contributed by atoms with Gasteiger partial charge >= 0.3 is 0 Å². The number of ether oxygens (including phenoxy) is 2. The van der Waals surface area contributed by atoms with E-state index in [0.29, 0.717) is 5.92 Å². The average Bonchev–Trinajstić information content (AvgIpc) is 2.76. The third-order valence-corrected chi connectivity index (χ3v) is 5.96. The molecule has 144 valence electrons. The maximum absolute atomic E-state index is 5.65. The first-order valence-electron chi connectivity index (χ1n) is 10.3. The lowest BCUT2D eigenvalue weighted by Gasteiger charge is -2.43. The molecule has 2 fully saturated rings. The Morgan fingerprint density at radius 3 is 2.04 bits per heavy atom. The minimum Gasteiger partial charge on any atom is -0.378 e. The Morgan fingerprint density at radius 1 is 0.750 bits per heavy atom. The van der Waals surface area contributed by atoms with Crippen molar-refractivity contribution in [2.45, 2.75) is 5.92 Å². The second-order valence-electron chi connectivity index (χ2n) is 7.55. The first kappa shape index (κ1) is 17.7. The van der Waals surface area contributed by atoms with Gasteiger partial charge < -0.3 is 14.4 Å². The van der Waals surface area contributed by atoms with E-state index in [1.54, 1.807) is 0 Å². The van der Waals surface area contributed by atoms with Gasteiger partial charge in [-0.2, -0.15) is 0 Å². The zero-order chi connectivity index (χ0) is 18.8. The maximum atomic E-state index is 5.65. The summed E-state index contributed by atoms with van der Waals surface area (Å²) in [7, 11) is 0. The maximum Gasteiger partial charge on any atom is 0.199 e. The monoisotopic (exact) mass is 375 g/mol. The molecule has 1 atom stereocenters. The Balaban J connectivity index is 1.69. The summed E-state index contributed by atoms with van der Waals surface area (Å²) >= 11 is 0. The van der Waals surface area contributed by atoms with Crippen molar-refractivity contribution < 1.29 is 14.0 Å². The Hall–Kier alpha value is -2.43. The third kappa shape index (κ3) is 3.17. The second-order valence-corrected chi connectivity index (χ2v) is 7.55. The van der Waals surface area contributed by atoms with Crippen LogP contribution >= 0.6 is 0 Å². The smallest absolute Gasteiger partial charge is 0.199 e. The largest absolute Gasteiger partial charge is 0.378 e. The van der Waals surface area contributed by atoms with Gasteiger partial charge in [-0.25, -0.2) is 4.58 Å². The standard InChI is InChI=1S/C24H27N2O2/c1-3-7-19(8-4-1)21-23(25-11-15-27-16-12-25)22(20-9-5-2-6-10-20)24(21)26-13-17-28-18-14-26/h1-10,21H,11-18H2/q+1. The molecule has 3 aliphatic rings. The van der Waals surface area contributed by atoms with E-state index in [4.69, 9.17) is 9.47 Å². The van der Waals surface area contributed by atoms with Crippen molar-refractivity contribution in [3.63, 3.8) is 0 Å². The SMILES string of the molecule is c1ccc(C2=C(N3CCOCC3)C(c3ccccc3)C2=[N+]2CCOCC2)cc1. The number of hydrogen-bond acceptors (Lipinski definition) is 3. The van der Waals surface area contributed by atoms with Gasteiger partial charge in [-0.15, -0.1) is 0 Å². The van der Waals surface area contributed by atoms with Crippen molar-refractivity contribution in [1.82, 2.24) is 4.90 Å².